The summed E-state index contributed by atoms with van der Waals surface area (Å²) in [7, 11) is 1.84. The van der Waals surface area contributed by atoms with E-state index in [4.69, 9.17) is 9.57 Å². The average Bonchev–Trinajstić information content (AvgIpc) is 2.81. The summed E-state index contributed by atoms with van der Waals surface area (Å²) >= 11 is 0. The smallest absolute Gasteiger partial charge is 0.435 e. The van der Waals surface area contributed by atoms with Gasteiger partial charge >= 0.3 is 6.09 Å². The van der Waals surface area contributed by atoms with E-state index < -0.39 is 11.7 Å². The topological polar surface area (TPSA) is 56.6 Å². The van der Waals surface area contributed by atoms with E-state index in [1.54, 1.807) is 10.9 Å². The third kappa shape index (κ3) is 2.81. The Labute approximate surface area is 106 Å². The SMILES string of the molecule is Cn1cc([C@@H]2CCON2C(=O)OC(C)(C)C)cn1. The van der Waals surface area contributed by atoms with Gasteiger partial charge in [-0.25, -0.2) is 4.79 Å². The van der Waals surface area contributed by atoms with Crippen molar-refractivity contribution in [3.05, 3.63) is 18.0 Å². The number of aryl methyl sites for hydroxylation is 1. The standard InChI is InChI=1S/C12H19N3O3/c1-12(2,3)18-11(16)15-10(5-6-17-15)9-7-13-14(4)8-9/h7-8,10H,5-6H2,1-4H3/t10-/m0/s1. The van der Waals surface area contributed by atoms with Crippen molar-refractivity contribution < 1.29 is 14.4 Å². The van der Waals surface area contributed by atoms with Crippen LogP contribution in [0.3, 0.4) is 0 Å². The molecule has 1 aliphatic heterocycles. The number of carbonyl (C=O) groups is 1. The summed E-state index contributed by atoms with van der Waals surface area (Å²) < 4.78 is 7.02. The van der Waals surface area contributed by atoms with Crippen LogP contribution in [-0.2, 0) is 16.6 Å². The zero-order valence-electron chi connectivity index (χ0n) is 11.2. The first-order chi connectivity index (χ1) is 8.37. The fraction of sp³-hybridized carbons (Fsp3) is 0.667. The first-order valence-corrected chi connectivity index (χ1v) is 6.00. The molecule has 0 aromatic carbocycles. The summed E-state index contributed by atoms with van der Waals surface area (Å²) in [4.78, 5) is 17.4. The summed E-state index contributed by atoms with van der Waals surface area (Å²) in [5.74, 6) is 0. The zero-order valence-corrected chi connectivity index (χ0v) is 11.2. The first kappa shape index (κ1) is 12.9. The molecule has 0 spiro atoms. The van der Waals surface area contributed by atoms with E-state index in [0.29, 0.717) is 6.61 Å². The zero-order chi connectivity index (χ0) is 13.3. The van der Waals surface area contributed by atoms with Crippen LogP contribution >= 0.6 is 0 Å². The lowest BCUT2D eigenvalue weighted by molar-refractivity contribution is -0.125. The highest BCUT2D eigenvalue weighted by Crippen LogP contribution is 2.31. The van der Waals surface area contributed by atoms with Crippen molar-refractivity contribution in [3.63, 3.8) is 0 Å². The summed E-state index contributed by atoms with van der Waals surface area (Å²) in [6.07, 6.45) is 3.94. The molecule has 1 aromatic rings. The fourth-order valence-electron chi connectivity index (χ4n) is 1.87. The summed E-state index contributed by atoms with van der Waals surface area (Å²) in [6, 6.07) is -0.117. The molecule has 1 saturated heterocycles. The minimum atomic E-state index is -0.525. The Hall–Kier alpha value is -1.56. The lowest BCUT2D eigenvalue weighted by Gasteiger charge is -2.26. The molecule has 6 heteroatoms. The van der Waals surface area contributed by atoms with E-state index in [9.17, 15) is 4.79 Å². The number of hydroxylamine groups is 2. The van der Waals surface area contributed by atoms with Crippen LogP contribution in [-0.4, -0.2) is 33.1 Å². The molecule has 6 nitrogen and oxygen atoms in total. The number of amides is 1. The van der Waals surface area contributed by atoms with E-state index in [0.717, 1.165) is 12.0 Å². The number of rotatable bonds is 1. The van der Waals surface area contributed by atoms with Crippen molar-refractivity contribution in [1.82, 2.24) is 14.8 Å². The normalized spacial score (nSPS) is 20.2. The molecule has 0 bridgehead atoms. The van der Waals surface area contributed by atoms with E-state index in [-0.39, 0.29) is 6.04 Å². The van der Waals surface area contributed by atoms with Crippen LogP contribution in [0.1, 0.15) is 38.8 Å². The first-order valence-electron chi connectivity index (χ1n) is 6.00. The van der Waals surface area contributed by atoms with Crippen LogP contribution in [0.2, 0.25) is 0 Å². The molecule has 2 heterocycles. The predicted octanol–water partition coefficient (Wildman–Crippen LogP) is 2.03. The second-order valence-corrected chi connectivity index (χ2v) is 5.39. The van der Waals surface area contributed by atoms with Crippen molar-refractivity contribution >= 4 is 6.09 Å². The maximum atomic E-state index is 12.0. The van der Waals surface area contributed by atoms with Crippen molar-refractivity contribution in [1.29, 1.82) is 0 Å². The van der Waals surface area contributed by atoms with Gasteiger partial charge in [0.2, 0.25) is 0 Å². The molecule has 1 aliphatic rings. The molecule has 1 fully saturated rings. The monoisotopic (exact) mass is 253 g/mol. The van der Waals surface area contributed by atoms with Crippen molar-refractivity contribution in [2.75, 3.05) is 6.61 Å². The van der Waals surface area contributed by atoms with Crippen LogP contribution in [0.4, 0.5) is 4.79 Å². The molecule has 0 radical (unpaired) electrons. The Morgan fingerprint density at radius 2 is 2.28 bits per heavy atom. The van der Waals surface area contributed by atoms with Gasteiger partial charge in [0.1, 0.15) is 5.60 Å². The van der Waals surface area contributed by atoms with Crippen molar-refractivity contribution in [2.45, 2.75) is 38.8 Å². The highest BCUT2D eigenvalue weighted by Gasteiger charge is 2.35. The van der Waals surface area contributed by atoms with Gasteiger partial charge in [0.15, 0.2) is 0 Å². The highest BCUT2D eigenvalue weighted by atomic mass is 16.7. The Morgan fingerprint density at radius 3 is 2.83 bits per heavy atom. The van der Waals surface area contributed by atoms with Gasteiger partial charge in [0.05, 0.1) is 18.8 Å². The quantitative estimate of drug-likeness (QED) is 0.768. The van der Waals surface area contributed by atoms with Gasteiger partial charge in [0, 0.05) is 25.2 Å². The largest absolute Gasteiger partial charge is 0.442 e. The van der Waals surface area contributed by atoms with E-state index >= 15 is 0 Å². The molecule has 0 N–H and O–H groups in total. The van der Waals surface area contributed by atoms with Crippen LogP contribution < -0.4 is 0 Å². The molecule has 0 unspecified atom stereocenters. The van der Waals surface area contributed by atoms with E-state index in [1.807, 2.05) is 34.0 Å². The van der Waals surface area contributed by atoms with E-state index in [1.165, 1.54) is 5.06 Å². The molecule has 1 atom stereocenters. The highest BCUT2D eigenvalue weighted by molar-refractivity contribution is 5.67. The second kappa shape index (κ2) is 4.61. The molecule has 100 valence electrons. The number of nitrogens with zero attached hydrogens (tertiary/aromatic N) is 3. The van der Waals surface area contributed by atoms with Crippen molar-refractivity contribution in [3.8, 4) is 0 Å². The fourth-order valence-corrected chi connectivity index (χ4v) is 1.87. The lowest BCUT2D eigenvalue weighted by Crippen LogP contribution is -2.35. The van der Waals surface area contributed by atoms with E-state index in [2.05, 4.69) is 5.10 Å². The molecular weight excluding hydrogens is 234 g/mol. The molecule has 1 amide bonds. The Balaban J connectivity index is 2.10. The van der Waals surface area contributed by atoms with Crippen molar-refractivity contribution in [2.24, 2.45) is 7.05 Å². The third-order valence-electron chi connectivity index (χ3n) is 2.59. The van der Waals surface area contributed by atoms with Gasteiger partial charge in [0.25, 0.3) is 0 Å². The minimum absolute atomic E-state index is 0.117. The Morgan fingerprint density at radius 1 is 1.56 bits per heavy atom. The molecule has 18 heavy (non-hydrogen) atoms. The van der Waals surface area contributed by atoms with Gasteiger partial charge < -0.3 is 4.74 Å². The predicted molar refractivity (Wildman–Crippen MR) is 64.6 cm³/mol. The number of carbonyl (C=O) groups excluding carboxylic acids is 1. The summed E-state index contributed by atoms with van der Waals surface area (Å²) in [5, 5.41) is 5.42. The van der Waals surface area contributed by atoms with Gasteiger partial charge in [-0.05, 0) is 20.8 Å². The maximum absolute atomic E-state index is 12.0. The maximum Gasteiger partial charge on any atom is 0.435 e. The Bertz CT molecular complexity index is 436. The van der Waals surface area contributed by atoms with Crippen LogP contribution in [0.15, 0.2) is 12.4 Å². The second-order valence-electron chi connectivity index (χ2n) is 5.39. The lowest BCUT2D eigenvalue weighted by atomic mass is 10.1. The van der Waals surface area contributed by atoms with Gasteiger partial charge in [-0.15, -0.1) is 0 Å². The van der Waals surface area contributed by atoms with Gasteiger partial charge in [-0.3, -0.25) is 9.52 Å². The van der Waals surface area contributed by atoms with Crippen LogP contribution in [0, 0.1) is 0 Å². The molecule has 2 rings (SSSR count). The number of aromatic nitrogens is 2. The number of hydrogen-bond donors (Lipinski definition) is 0. The summed E-state index contributed by atoms with van der Waals surface area (Å²) in [6.45, 7) is 6.01. The minimum Gasteiger partial charge on any atom is -0.442 e. The third-order valence-corrected chi connectivity index (χ3v) is 2.59. The van der Waals surface area contributed by atoms with Crippen LogP contribution in [0.5, 0.6) is 0 Å². The number of ether oxygens (including phenoxy) is 1. The summed E-state index contributed by atoms with van der Waals surface area (Å²) in [5.41, 5.74) is 0.434. The molecule has 0 saturated carbocycles. The molecular formula is C12H19N3O3. The molecule has 1 aromatic heterocycles. The number of hydrogen-bond acceptors (Lipinski definition) is 4. The average molecular weight is 253 g/mol. The van der Waals surface area contributed by atoms with Gasteiger partial charge in [-0.1, -0.05) is 0 Å². The molecule has 0 aliphatic carbocycles. The van der Waals surface area contributed by atoms with Gasteiger partial charge in [-0.2, -0.15) is 10.2 Å². The van der Waals surface area contributed by atoms with Crippen LogP contribution in [0.25, 0.3) is 0 Å². The Kier molecular flexibility index (Phi) is 3.30.